The Labute approximate surface area is 153 Å². The molecule has 1 atom stereocenters. The number of nitro groups is 1. The average Bonchev–Trinajstić information content (AvgIpc) is 2.62. The summed E-state index contributed by atoms with van der Waals surface area (Å²) < 4.78 is 0. The van der Waals surface area contributed by atoms with Crippen LogP contribution in [0, 0.1) is 10.1 Å². The van der Waals surface area contributed by atoms with Gasteiger partial charge in [0.15, 0.2) is 0 Å². The van der Waals surface area contributed by atoms with Crippen molar-refractivity contribution in [1.82, 2.24) is 10.6 Å². The first kappa shape index (κ1) is 19.7. The van der Waals surface area contributed by atoms with Crippen LogP contribution in [0.2, 0.25) is 0 Å². The molecule has 1 aromatic rings. The number of carbonyl (C=O) groups excluding carboxylic acids is 2. The number of hydrogen-bond acceptors (Lipinski definition) is 6. The number of rotatable bonds is 6. The predicted molar refractivity (Wildman–Crippen MR) is 95.1 cm³/mol. The molecule has 2 rings (SSSR count). The van der Waals surface area contributed by atoms with Gasteiger partial charge in [-0.1, -0.05) is 6.07 Å². The van der Waals surface area contributed by atoms with Crippen molar-refractivity contribution < 1.29 is 24.4 Å². The van der Waals surface area contributed by atoms with Gasteiger partial charge in [0.2, 0.25) is 5.91 Å². The molecule has 0 radical (unpaired) electrons. The molecule has 1 saturated heterocycles. The first-order valence-corrected chi connectivity index (χ1v) is 9.09. The Bertz CT molecular complexity index is 732. The van der Waals surface area contributed by atoms with E-state index in [1.54, 1.807) is 11.8 Å². The molecule has 9 nitrogen and oxygen atoms in total. The van der Waals surface area contributed by atoms with Gasteiger partial charge in [-0.05, 0) is 37.3 Å². The zero-order chi connectivity index (χ0) is 19.3. The van der Waals surface area contributed by atoms with Gasteiger partial charge in [-0.2, -0.15) is 11.8 Å². The largest absolute Gasteiger partial charge is 0.480 e. The van der Waals surface area contributed by atoms with E-state index in [1.165, 1.54) is 25.1 Å². The van der Waals surface area contributed by atoms with E-state index in [2.05, 4.69) is 10.6 Å². The van der Waals surface area contributed by atoms with E-state index in [0.717, 1.165) is 6.07 Å². The number of nitrogens with one attached hydrogen (secondary N) is 2. The molecular weight excluding hydrogens is 362 g/mol. The van der Waals surface area contributed by atoms with E-state index in [1.807, 2.05) is 0 Å². The third-order valence-electron chi connectivity index (χ3n) is 4.18. The second kappa shape index (κ2) is 8.17. The molecular formula is C16H19N3O6S. The number of carboxylic acid groups (broad SMARTS) is 1. The summed E-state index contributed by atoms with van der Waals surface area (Å²) in [6.07, 6.45) is 0.620. The fourth-order valence-electron chi connectivity index (χ4n) is 2.56. The van der Waals surface area contributed by atoms with Crippen molar-refractivity contribution in [2.45, 2.75) is 31.3 Å². The molecule has 1 aliphatic heterocycles. The van der Waals surface area contributed by atoms with E-state index >= 15 is 0 Å². The van der Waals surface area contributed by atoms with Gasteiger partial charge in [-0.25, -0.2) is 4.79 Å². The molecule has 3 N–H and O–H groups in total. The van der Waals surface area contributed by atoms with Crippen LogP contribution >= 0.6 is 11.8 Å². The lowest BCUT2D eigenvalue weighted by Gasteiger charge is -2.34. The van der Waals surface area contributed by atoms with E-state index in [4.69, 9.17) is 0 Å². The molecule has 1 aromatic carbocycles. The molecule has 1 aliphatic rings. The van der Waals surface area contributed by atoms with Gasteiger partial charge < -0.3 is 15.7 Å². The van der Waals surface area contributed by atoms with E-state index < -0.39 is 34.3 Å². The molecule has 0 spiro atoms. The highest BCUT2D eigenvalue weighted by atomic mass is 32.2. The molecule has 1 unspecified atom stereocenters. The van der Waals surface area contributed by atoms with Crippen LogP contribution in [0.3, 0.4) is 0 Å². The summed E-state index contributed by atoms with van der Waals surface area (Å²) in [6.45, 7) is 1.43. The third kappa shape index (κ3) is 4.51. The van der Waals surface area contributed by atoms with Gasteiger partial charge >= 0.3 is 5.97 Å². The summed E-state index contributed by atoms with van der Waals surface area (Å²) >= 11 is 1.62. The molecule has 26 heavy (non-hydrogen) atoms. The number of carboxylic acids is 1. The molecule has 0 aromatic heterocycles. The van der Waals surface area contributed by atoms with Crippen LogP contribution in [0.5, 0.6) is 0 Å². The van der Waals surface area contributed by atoms with Crippen LogP contribution in [0.1, 0.15) is 30.1 Å². The van der Waals surface area contributed by atoms with Crippen LogP contribution < -0.4 is 10.6 Å². The minimum atomic E-state index is -1.33. The van der Waals surface area contributed by atoms with Gasteiger partial charge in [0.05, 0.1) is 4.92 Å². The average molecular weight is 381 g/mol. The number of carbonyl (C=O) groups is 3. The Morgan fingerprint density at radius 2 is 1.96 bits per heavy atom. The van der Waals surface area contributed by atoms with E-state index in [0.29, 0.717) is 24.3 Å². The number of hydrogen-bond donors (Lipinski definition) is 3. The van der Waals surface area contributed by atoms with Crippen molar-refractivity contribution >= 4 is 35.2 Å². The topological polar surface area (TPSA) is 139 Å². The molecule has 0 saturated carbocycles. The normalized spacial score (nSPS) is 17.0. The maximum atomic E-state index is 12.4. The zero-order valence-electron chi connectivity index (χ0n) is 14.1. The fourth-order valence-corrected chi connectivity index (χ4v) is 3.75. The Morgan fingerprint density at radius 1 is 1.31 bits per heavy atom. The Hall–Kier alpha value is -2.62. The number of thioether (sulfide) groups is 1. The van der Waals surface area contributed by atoms with Gasteiger partial charge in [0.25, 0.3) is 11.6 Å². The molecule has 2 amide bonds. The van der Waals surface area contributed by atoms with Gasteiger partial charge in [-0.3, -0.25) is 19.7 Å². The molecule has 0 aliphatic carbocycles. The summed E-state index contributed by atoms with van der Waals surface area (Å²) in [7, 11) is 0. The Morgan fingerprint density at radius 3 is 2.54 bits per heavy atom. The van der Waals surface area contributed by atoms with Crippen LogP contribution in [-0.2, 0) is 9.59 Å². The summed E-state index contributed by atoms with van der Waals surface area (Å²) in [5, 5.41) is 25.2. The van der Waals surface area contributed by atoms with Crippen LogP contribution in [0.15, 0.2) is 24.3 Å². The first-order chi connectivity index (χ1) is 12.2. The number of aliphatic carboxylic acids is 1. The second-order valence-electron chi connectivity index (χ2n) is 5.99. The van der Waals surface area contributed by atoms with Crippen molar-refractivity contribution in [2.75, 3.05) is 11.5 Å². The fraction of sp³-hybridized carbons (Fsp3) is 0.438. The highest BCUT2D eigenvalue weighted by Crippen LogP contribution is 2.27. The monoisotopic (exact) mass is 381 g/mol. The Balaban J connectivity index is 2.04. The quantitative estimate of drug-likeness (QED) is 0.497. The minimum Gasteiger partial charge on any atom is -0.480 e. The molecule has 10 heteroatoms. The lowest BCUT2D eigenvalue weighted by molar-refractivity contribution is -0.384. The van der Waals surface area contributed by atoms with Gasteiger partial charge in [-0.15, -0.1) is 0 Å². The molecule has 1 fully saturated rings. The van der Waals surface area contributed by atoms with Crippen LogP contribution in [0.4, 0.5) is 5.69 Å². The van der Waals surface area contributed by atoms with Crippen molar-refractivity contribution in [3.8, 4) is 0 Å². The number of non-ortho nitro benzene ring substituents is 1. The van der Waals surface area contributed by atoms with Crippen LogP contribution in [0.25, 0.3) is 0 Å². The maximum Gasteiger partial charge on any atom is 0.329 e. The smallest absolute Gasteiger partial charge is 0.329 e. The standard InChI is InChI=1S/C16H19N3O6S/c1-10(13(20)18-16(15(22)23)5-7-26-8-6-16)17-14(21)11-3-2-4-12(9-11)19(24)25/h2-4,9-10H,5-8H2,1H3,(H,17,21)(H,18,20)(H,22,23). The van der Waals surface area contributed by atoms with Gasteiger partial charge in [0, 0.05) is 17.7 Å². The van der Waals surface area contributed by atoms with Crippen molar-refractivity contribution in [3.05, 3.63) is 39.9 Å². The summed E-state index contributed by atoms with van der Waals surface area (Å²) in [5.74, 6) is -1.11. The molecule has 1 heterocycles. The first-order valence-electron chi connectivity index (χ1n) is 7.94. The van der Waals surface area contributed by atoms with E-state index in [9.17, 15) is 29.6 Å². The number of nitro benzene ring substituents is 1. The highest BCUT2D eigenvalue weighted by molar-refractivity contribution is 7.99. The zero-order valence-corrected chi connectivity index (χ0v) is 14.9. The van der Waals surface area contributed by atoms with Gasteiger partial charge in [0.1, 0.15) is 11.6 Å². The SMILES string of the molecule is CC(NC(=O)c1cccc([N+](=O)[O-])c1)C(=O)NC1(C(=O)O)CCSCC1. The maximum absolute atomic E-state index is 12.4. The molecule has 0 bridgehead atoms. The number of amides is 2. The number of nitrogens with zero attached hydrogens (tertiary/aromatic N) is 1. The van der Waals surface area contributed by atoms with Crippen molar-refractivity contribution in [2.24, 2.45) is 0 Å². The predicted octanol–water partition coefficient (Wildman–Crippen LogP) is 1.18. The van der Waals surface area contributed by atoms with Crippen molar-refractivity contribution in [3.63, 3.8) is 0 Å². The number of benzene rings is 1. The summed E-state index contributed by atoms with van der Waals surface area (Å²) in [4.78, 5) is 46.3. The lowest BCUT2D eigenvalue weighted by atomic mass is 9.92. The highest BCUT2D eigenvalue weighted by Gasteiger charge is 2.42. The van der Waals surface area contributed by atoms with Crippen molar-refractivity contribution in [1.29, 1.82) is 0 Å². The lowest BCUT2D eigenvalue weighted by Crippen LogP contribution is -2.60. The third-order valence-corrected chi connectivity index (χ3v) is 5.16. The van der Waals surface area contributed by atoms with Crippen LogP contribution in [-0.4, -0.2) is 50.9 Å². The minimum absolute atomic E-state index is 0.0425. The summed E-state index contributed by atoms with van der Waals surface area (Å²) in [5.41, 5.74) is -1.52. The molecule has 140 valence electrons. The van der Waals surface area contributed by atoms with E-state index in [-0.39, 0.29) is 11.3 Å². The summed E-state index contributed by atoms with van der Waals surface area (Å²) in [6, 6.07) is 4.13. The second-order valence-corrected chi connectivity index (χ2v) is 7.22. The Kier molecular flexibility index (Phi) is 6.19.